The third-order valence-electron chi connectivity index (χ3n) is 3.04. The van der Waals surface area contributed by atoms with E-state index >= 15 is 0 Å². The number of thiophene rings is 2. The molecule has 8 heteroatoms. The van der Waals surface area contributed by atoms with Gasteiger partial charge in [-0.05, 0) is 24.6 Å². The zero-order valence-corrected chi connectivity index (χ0v) is 13.5. The third kappa shape index (κ3) is 2.37. The van der Waals surface area contributed by atoms with Crippen molar-refractivity contribution in [2.45, 2.75) is 6.92 Å². The number of nitrogens with one attached hydrogen (secondary N) is 2. The van der Waals surface area contributed by atoms with Crippen molar-refractivity contribution in [3.63, 3.8) is 0 Å². The fraction of sp³-hybridized carbons (Fsp3) is 0.154. The maximum absolute atomic E-state index is 12.3. The van der Waals surface area contributed by atoms with Gasteiger partial charge in [-0.15, -0.1) is 22.7 Å². The first kappa shape index (κ1) is 14.2. The Morgan fingerprint density at radius 3 is 2.76 bits per heavy atom. The number of hydrogen-bond donors (Lipinski definition) is 2. The van der Waals surface area contributed by atoms with Crippen LogP contribution in [0.1, 0.15) is 15.2 Å². The maximum Gasteiger partial charge on any atom is 0.261 e. The monoisotopic (exact) mass is 339 g/mol. The topological polar surface area (TPSA) is 74.8 Å². The van der Waals surface area contributed by atoms with E-state index < -0.39 is 0 Å². The van der Waals surface area contributed by atoms with E-state index in [0.717, 1.165) is 4.88 Å². The average molecular weight is 340 g/mol. The highest BCUT2D eigenvalue weighted by Crippen LogP contribution is 2.31. The van der Waals surface area contributed by atoms with Gasteiger partial charge in [0.25, 0.3) is 11.5 Å². The second kappa shape index (κ2) is 5.25. The van der Waals surface area contributed by atoms with E-state index in [1.807, 2.05) is 0 Å². The van der Waals surface area contributed by atoms with E-state index in [1.54, 1.807) is 26.1 Å². The molecule has 0 aliphatic carbocycles. The van der Waals surface area contributed by atoms with E-state index in [1.165, 1.54) is 22.7 Å². The number of halogens is 1. The lowest BCUT2D eigenvalue weighted by molar-refractivity contribution is 0.0966. The molecule has 2 N–H and O–H groups in total. The van der Waals surface area contributed by atoms with Crippen LogP contribution in [0.25, 0.3) is 20.9 Å². The molecular formula is C13H10ClN3O2S2. The second-order valence-electron chi connectivity index (χ2n) is 4.33. The summed E-state index contributed by atoms with van der Waals surface area (Å²) in [4.78, 5) is 33.1. The van der Waals surface area contributed by atoms with Crippen LogP contribution in [0.5, 0.6) is 0 Å². The summed E-state index contributed by atoms with van der Waals surface area (Å²) in [5.74, 6) is 0.254. The van der Waals surface area contributed by atoms with Crippen molar-refractivity contribution in [2.24, 2.45) is 0 Å². The van der Waals surface area contributed by atoms with Gasteiger partial charge in [0.1, 0.15) is 4.83 Å². The van der Waals surface area contributed by atoms with E-state index in [0.29, 0.717) is 30.8 Å². The first-order valence-corrected chi connectivity index (χ1v) is 8.03. The number of aryl methyl sites for hydroxylation is 1. The largest absolute Gasteiger partial charge is 0.354 e. The van der Waals surface area contributed by atoms with Crippen molar-refractivity contribution < 1.29 is 4.79 Å². The van der Waals surface area contributed by atoms with Gasteiger partial charge in [-0.25, -0.2) is 4.98 Å². The number of carbonyl (C=O) groups is 1. The highest BCUT2D eigenvalue weighted by atomic mass is 35.5. The Morgan fingerprint density at radius 1 is 1.38 bits per heavy atom. The lowest BCUT2D eigenvalue weighted by Crippen LogP contribution is -2.17. The predicted molar refractivity (Wildman–Crippen MR) is 86.7 cm³/mol. The van der Waals surface area contributed by atoms with Gasteiger partial charge in [-0.1, -0.05) is 11.6 Å². The fourth-order valence-electron chi connectivity index (χ4n) is 2.03. The summed E-state index contributed by atoms with van der Waals surface area (Å²) in [5.41, 5.74) is 0.405. The van der Waals surface area contributed by atoms with E-state index in [-0.39, 0.29) is 11.5 Å². The molecule has 3 rings (SSSR count). The Kier molecular flexibility index (Phi) is 3.56. The Bertz CT molecular complexity index is 910. The van der Waals surface area contributed by atoms with Crippen LogP contribution in [0.4, 0.5) is 0 Å². The van der Waals surface area contributed by atoms with Gasteiger partial charge in [0, 0.05) is 7.05 Å². The molecule has 5 nitrogen and oxygen atoms in total. The van der Waals surface area contributed by atoms with Crippen molar-refractivity contribution >= 4 is 50.4 Å². The summed E-state index contributed by atoms with van der Waals surface area (Å²) in [6.45, 7) is 1.75. The molecule has 21 heavy (non-hydrogen) atoms. The minimum Gasteiger partial charge on any atom is -0.354 e. The Balaban J connectivity index is 2.25. The maximum atomic E-state index is 12.3. The van der Waals surface area contributed by atoms with Crippen molar-refractivity contribution in [3.05, 3.63) is 37.3 Å². The molecule has 0 saturated carbocycles. The van der Waals surface area contributed by atoms with Crippen LogP contribution in [-0.4, -0.2) is 22.9 Å². The number of H-pyrrole nitrogens is 1. The number of nitrogens with zero attached hydrogens (tertiary/aromatic N) is 1. The molecule has 3 heterocycles. The Hall–Kier alpha value is -1.70. The van der Waals surface area contributed by atoms with Gasteiger partial charge in [0.15, 0.2) is 5.82 Å². The molecule has 108 valence electrons. The number of aromatic nitrogens is 2. The molecule has 0 bridgehead atoms. The predicted octanol–water partition coefficient (Wildman–Crippen LogP) is 3.03. The van der Waals surface area contributed by atoms with Crippen LogP contribution in [0, 0.1) is 6.92 Å². The van der Waals surface area contributed by atoms with Crippen LogP contribution < -0.4 is 10.9 Å². The molecular weight excluding hydrogens is 330 g/mol. The molecule has 0 aliphatic rings. The molecule has 3 aromatic rings. The van der Waals surface area contributed by atoms with E-state index in [2.05, 4.69) is 15.3 Å². The summed E-state index contributed by atoms with van der Waals surface area (Å²) in [5, 5.41) is 3.03. The summed E-state index contributed by atoms with van der Waals surface area (Å²) in [6, 6.07) is 3.55. The van der Waals surface area contributed by atoms with Gasteiger partial charge in [0.05, 0.1) is 19.5 Å². The van der Waals surface area contributed by atoms with Gasteiger partial charge in [-0.2, -0.15) is 0 Å². The number of hydrogen-bond acceptors (Lipinski definition) is 5. The normalized spacial score (nSPS) is 11.0. The summed E-state index contributed by atoms with van der Waals surface area (Å²) in [6.07, 6.45) is 0. The molecule has 0 radical (unpaired) electrons. The van der Waals surface area contributed by atoms with Crippen LogP contribution in [0.3, 0.4) is 0 Å². The van der Waals surface area contributed by atoms with Crippen LogP contribution in [0.15, 0.2) is 16.9 Å². The molecule has 3 aromatic heterocycles. The van der Waals surface area contributed by atoms with Gasteiger partial charge < -0.3 is 10.3 Å². The zero-order chi connectivity index (χ0) is 15.1. The first-order valence-electron chi connectivity index (χ1n) is 6.02. The third-order valence-corrected chi connectivity index (χ3v) is 5.46. The first-order chi connectivity index (χ1) is 10.0. The summed E-state index contributed by atoms with van der Waals surface area (Å²) in [7, 11) is 1.56. The molecule has 0 atom stereocenters. The number of amides is 1. The fourth-order valence-corrected chi connectivity index (χ4v) is 4.15. The van der Waals surface area contributed by atoms with Crippen molar-refractivity contribution in [2.75, 3.05) is 7.05 Å². The minimum absolute atomic E-state index is 0.212. The molecule has 0 aliphatic heterocycles. The highest BCUT2D eigenvalue weighted by molar-refractivity contribution is 7.21. The number of carbonyl (C=O) groups excluding carboxylic acids is 1. The number of aromatic amines is 1. The standard InChI is InChI=1S/C13H10ClN3O2S2/c1-5-8-11(18)16-10(6-3-4-7(14)20-6)17-13(8)21-9(5)12(19)15-2/h3-4H,1-2H3,(H,15,19)(H,16,17,18). The van der Waals surface area contributed by atoms with Crippen molar-refractivity contribution in [3.8, 4) is 10.7 Å². The molecule has 0 fully saturated rings. The average Bonchev–Trinajstić information content (AvgIpc) is 3.02. The minimum atomic E-state index is -0.247. The molecule has 0 unspecified atom stereocenters. The Morgan fingerprint density at radius 2 is 2.14 bits per heavy atom. The van der Waals surface area contributed by atoms with Crippen molar-refractivity contribution in [1.82, 2.24) is 15.3 Å². The molecule has 0 spiro atoms. The smallest absolute Gasteiger partial charge is 0.261 e. The molecule has 1 amide bonds. The zero-order valence-electron chi connectivity index (χ0n) is 11.1. The number of rotatable bonds is 2. The number of fused-ring (bicyclic) bond motifs is 1. The SMILES string of the molecule is CNC(=O)c1sc2nc(-c3ccc(Cl)s3)[nH]c(=O)c2c1C. The van der Waals surface area contributed by atoms with Crippen LogP contribution >= 0.6 is 34.3 Å². The highest BCUT2D eigenvalue weighted by Gasteiger charge is 2.19. The van der Waals surface area contributed by atoms with Crippen LogP contribution in [-0.2, 0) is 0 Å². The summed E-state index contributed by atoms with van der Waals surface area (Å²) < 4.78 is 0.626. The second-order valence-corrected chi connectivity index (χ2v) is 7.05. The van der Waals surface area contributed by atoms with E-state index in [9.17, 15) is 9.59 Å². The lowest BCUT2D eigenvalue weighted by Gasteiger charge is -1.97. The summed E-state index contributed by atoms with van der Waals surface area (Å²) >= 11 is 8.46. The van der Waals surface area contributed by atoms with Gasteiger partial charge in [-0.3, -0.25) is 9.59 Å². The molecule has 0 saturated heterocycles. The quantitative estimate of drug-likeness (QED) is 0.753. The van der Waals surface area contributed by atoms with Crippen molar-refractivity contribution in [1.29, 1.82) is 0 Å². The van der Waals surface area contributed by atoms with Crippen LogP contribution in [0.2, 0.25) is 4.34 Å². The Labute approximate surface area is 132 Å². The van der Waals surface area contributed by atoms with Gasteiger partial charge >= 0.3 is 0 Å². The van der Waals surface area contributed by atoms with E-state index in [4.69, 9.17) is 11.6 Å². The van der Waals surface area contributed by atoms with Gasteiger partial charge in [0.2, 0.25) is 0 Å². The molecule has 0 aromatic carbocycles. The lowest BCUT2D eigenvalue weighted by atomic mass is 10.2.